The molecule has 2 rings (SSSR count). The third kappa shape index (κ3) is 5.81. The van der Waals surface area contributed by atoms with Gasteiger partial charge in [0.1, 0.15) is 5.75 Å². The van der Waals surface area contributed by atoms with E-state index in [4.69, 9.17) is 4.74 Å². The molecule has 26 heavy (non-hydrogen) atoms. The molecular formula is C20H34N4OS. The lowest BCUT2D eigenvalue weighted by Gasteiger charge is -2.30. The molecule has 0 radical (unpaired) electrons. The van der Waals surface area contributed by atoms with Gasteiger partial charge in [-0.3, -0.25) is 9.89 Å². The fourth-order valence-corrected chi connectivity index (χ4v) is 3.43. The van der Waals surface area contributed by atoms with Crippen LogP contribution in [0.3, 0.4) is 0 Å². The van der Waals surface area contributed by atoms with Crippen LogP contribution in [-0.2, 0) is 0 Å². The zero-order chi connectivity index (χ0) is 19.0. The van der Waals surface area contributed by atoms with Crippen molar-refractivity contribution in [2.75, 3.05) is 46.6 Å². The molecule has 1 saturated heterocycles. The molecule has 1 unspecified atom stereocenters. The van der Waals surface area contributed by atoms with Crippen molar-refractivity contribution in [1.82, 2.24) is 15.5 Å². The van der Waals surface area contributed by atoms with E-state index in [0.29, 0.717) is 0 Å². The van der Waals surface area contributed by atoms with Crippen LogP contribution in [0.4, 0.5) is 0 Å². The van der Waals surface area contributed by atoms with Gasteiger partial charge in [0.05, 0.1) is 13.2 Å². The highest BCUT2D eigenvalue weighted by atomic mass is 32.2. The van der Waals surface area contributed by atoms with Crippen molar-refractivity contribution in [3.8, 4) is 5.75 Å². The minimum atomic E-state index is 0.175. The van der Waals surface area contributed by atoms with Gasteiger partial charge in [-0.15, -0.1) is 0 Å². The topological polar surface area (TPSA) is 48.9 Å². The van der Waals surface area contributed by atoms with Crippen LogP contribution in [0.1, 0.15) is 38.3 Å². The molecule has 0 saturated carbocycles. The van der Waals surface area contributed by atoms with Crippen molar-refractivity contribution < 1.29 is 4.74 Å². The molecule has 0 aliphatic carbocycles. The second kappa shape index (κ2) is 10.1. The predicted molar refractivity (Wildman–Crippen MR) is 114 cm³/mol. The SMILES string of the molecule is CN=C(NCC(c1ccccc1OC)N1CCCC1)NCC(C)(C)SC. The molecule has 0 bridgehead atoms. The van der Waals surface area contributed by atoms with E-state index in [2.05, 4.69) is 52.8 Å². The third-order valence-corrected chi connectivity index (χ3v) is 6.25. The molecule has 6 heteroatoms. The molecule has 1 fully saturated rings. The average Bonchev–Trinajstić information content (AvgIpc) is 3.19. The summed E-state index contributed by atoms with van der Waals surface area (Å²) < 4.78 is 5.80. The molecule has 1 aromatic carbocycles. The van der Waals surface area contributed by atoms with Crippen molar-refractivity contribution in [2.24, 2.45) is 4.99 Å². The van der Waals surface area contributed by atoms with E-state index in [0.717, 1.165) is 37.9 Å². The number of hydrogen-bond donors (Lipinski definition) is 2. The monoisotopic (exact) mass is 378 g/mol. The standard InChI is InChI=1S/C20H34N4OS/c1-20(2,26-5)15-23-19(21-3)22-14-17(24-12-8-9-13-24)16-10-6-7-11-18(16)25-4/h6-7,10-11,17H,8-9,12-15H2,1-5H3,(H2,21,22,23). The summed E-state index contributed by atoms with van der Waals surface area (Å²) in [5.74, 6) is 1.81. The lowest BCUT2D eigenvalue weighted by atomic mass is 10.0. The quantitative estimate of drug-likeness (QED) is 0.538. The van der Waals surface area contributed by atoms with Crippen LogP contribution in [0.25, 0.3) is 0 Å². The molecule has 1 aliphatic rings. The van der Waals surface area contributed by atoms with Gasteiger partial charge in [0.15, 0.2) is 5.96 Å². The smallest absolute Gasteiger partial charge is 0.191 e. The van der Waals surface area contributed by atoms with Crippen molar-refractivity contribution in [3.63, 3.8) is 0 Å². The van der Waals surface area contributed by atoms with Gasteiger partial charge in [-0.05, 0) is 52.1 Å². The lowest BCUT2D eigenvalue weighted by molar-refractivity contribution is 0.239. The zero-order valence-electron chi connectivity index (χ0n) is 16.8. The number of benzene rings is 1. The number of thioether (sulfide) groups is 1. The van der Waals surface area contributed by atoms with Crippen LogP contribution in [-0.4, -0.2) is 62.2 Å². The summed E-state index contributed by atoms with van der Waals surface area (Å²) in [6.45, 7) is 8.42. The number of rotatable bonds is 8. The summed E-state index contributed by atoms with van der Waals surface area (Å²) >= 11 is 1.86. The van der Waals surface area contributed by atoms with E-state index in [-0.39, 0.29) is 10.8 Å². The highest BCUT2D eigenvalue weighted by Crippen LogP contribution is 2.31. The van der Waals surface area contributed by atoms with Gasteiger partial charge in [-0.2, -0.15) is 11.8 Å². The molecule has 0 amide bonds. The molecule has 1 aliphatic heterocycles. The number of methoxy groups -OCH3 is 1. The molecule has 5 nitrogen and oxygen atoms in total. The minimum absolute atomic E-state index is 0.175. The molecule has 1 heterocycles. The summed E-state index contributed by atoms with van der Waals surface area (Å²) in [6, 6.07) is 8.63. The number of nitrogens with zero attached hydrogens (tertiary/aromatic N) is 2. The van der Waals surface area contributed by atoms with E-state index in [1.165, 1.54) is 18.4 Å². The molecule has 1 aromatic rings. The Morgan fingerprint density at radius 1 is 1.27 bits per heavy atom. The van der Waals surface area contributed by atoms with E-state index >= 15 is 0 Å². The van der Waals surface area contributed by atoms with Crippen molar-refractivity contribution in [3.05, 3.63) is 29.8 Å². The van der Waals surface area contributed by atoms with Crippen molar-refractivity contribution >= 4 is 17.7 Å². The first-order chi connectivity index (χ1) is 12.5. The van der Waals surface area contributed by atoms with Crippen LogP contribution in [0.15, 0.2) is 29.3 Å². The summed E-state index contributed by atoms with van der Waals surface area (Å²) in [5.41, 5.74) is 1.24. The van der Waals surface area contributed by atoms with Crippen LogP contribution >= 0.6 is 11.8 Å². The second-order valence-corrected chi connectivity index (χ2v) is 8.78. The number of para-hydroxylation sites is 1. The highest BCUT2D eigenvalue weighted by Gasteiger charge is 2.26. The molecule has 2 N–H and O–H groups in total. The number of hydrogen-bond acceptors (Lipinski definition) is 4. The fraction of sp³-hybridized carbons (Fsp3) is 0.650. The third-order valence-electron chi connectivity index (χ3n) is 5.00. The van der Waals surface area contributed by atoms with E-state index in [1.54, 1.807) is 7.11 Å². The van der Waals surface area contributed by atoms with Crippen molar-refractivity contribution in [1.29, 1.82) is 0 Å². The number of likely N-dealkylation sites (tertiary alicyclic amines) is 1. The van der Waals surface area contributed by atoms with Gasteiger partial charge in [0.2, 0.25) is 0 Å². The Labute approximate surface area is 163 Å². The summed E-state index contributed by atoms with van der Waals surface area (Å²) in [6.07, 6.45) is 4.67. The van der Waals surface area contributed by atoms with Crippen LogP contribution < -0.4 is 15.4 Å². The molecule has 0 spiro atoms. The average molecular weight is 379 g/mol. The number of guanidine groups is 1. The summed E-state index contributed by atoms with van der Waals surface area (Å²) in [4.78, 5) is 6.94. The van der Waals surface area contributed by atoms with E-state index in [9.17, 15) is 0 Å². The Hall–Kier alpha value is -1.40. The zero-order valence-corrected chi connectivity index (χ0v) is 17.7. The van der Waals surface area contributed by atoms with Gasteiger partial charge in [0.25, 0.3) is 0 Å². The predicted octanol–water partition coefficient (Wildman–Crippen LogP) is 3.14. The first kappa shape index (κ1) is 20.9. The largest absolute Gasteiger partial charge is 0.496 e. The Morgan fingerprint density at radius 3 is 2.58 bits per heavy atom. The van der Waals surface area contributed by atoms with E-state index < -0.39 is 0 Å². The first-order valence-corrected chi connectivity index (χ1v) is 10.6. The van der Waals surface area contributed by atoms with Crippen molar-refractivity contribution in [2.45, 2.75) is 37.5 Å². The normalized spacial score (nSPS) is 17.2. The van der Waals surface area contributed by atoms with Gasteiger partial charge in [-0.25, -0.2) is 0 Å². The first-order valence-electron chi connectivity index (χ1n) is 9.37. The second-order valence-electron chi connectivity index (χ2n) is 7.27. The van der Waals surface area contributed by atoms with Gasteiger partial charge in [-0.1, -0.05) is 18.2 Å². The van der Waals surface area contributed by atoms with Gasteiger partial charge < -0.3 is 15.4 Å². The number of nitrogens with one attached hydrogen (secondary N) is 2. The maximum atomic E-state index is 5.62. The van der Waals surface area contributed by atoms with Crippen LogP contribution in [0, 0.1) is 0 Å². The Kier molecular flexibility index (Phi) is 8.10. The summed E-state index contributed by atoms with van der Waals surface area (Å²) in [5, 5.41) is 6.98. The summed E-state index contributed by atoms with van der Waals surface area (Å²) in [7, 11) is 3.58. The van der Waals surface area contributed by atoms with E-state index in [1.807, 2.05) is 30.9 Å². The Bertz CT molecular complexity index is 585. The fourth-order valence-electron chi connectivity index (χ4n) is 3.21. The van der Waals surface area contributed by atoms with Gasteiger partial charge in [0, 0.05) is 30.4 Å². The maximum Gasteiger partial charge on any atom is 0.191 e. The minimum Gasteiger partial charge on any atom is -0.496 e. The maximum absolute atomic E-state index is 5.62. The Balaban J connectivity index is 2.07. The molecule has 146 valence electrons. The molecule has 1 atom stereocenters. The van der Waals surface area contributed by atoms with Crippen LogP contribution in [0.5, 0.6) is 5.75 Å². The molecule has 0 aromatic heterocycles. The molecular weight excluding hydrogens is 344 g/mol. The Morgan fingerprint density at radius 2 is 1.96 bits per heavy atom. The van der Waals surface area contributed by atoms with Gasteiger partial charge >= 0.3 is 0 Å². The lowest BCUT2D eigenvalue weighted by Crippen LogP contribution is -2.46. The number of aliphatic imine (C=N–C) groups is 1. The highest BCUT2D eigenvalue weighted by molar-refractivity contribution is 7.99. The number of ether oxygens (including phenoxy) is 1. The van der Waals surface area contributed by atoms with Crippen LogP contribution in [0.2, 0.25) is 0 Å².